The molecule has 0 unspecified atom stereocenters. The molecule has 1 N–H and O–H groups in total. The van der Waals surface area contributed by atoms with Crippen LogP contribution in [-0.2, 0) is 11.3 Å². The lowest BCUT2D eigenvalue weighted by atomic mass is 10.2. The number of likely N-dealkylation sites (N-methyl/N-ethyl adjacent to an activating group) is 1. The van der Waals surface area contributed by atoms with Crippen molar-refractivity contribution >= 4 is 11.6 Å². The number of hydrogen-bond acceptors (Lipinski definition) is 6. The van der Waals surface area contributed by atoms with Crippen molar-refractivity contribution < 1.29 is 13.9 Å². The molecule has 27 heavy (non-hydrogen) atoms. The summed E-state index contributed by atoms with van der Waals surface area (Å²) in [5.74, 6) is 1.59. The van der Waals surface area contributed by atoms with Crippen LogP contribution in [0, 0.1) is 0 Å². The van der Waals surface area contributed by atoms with Crippen LogP contribution in [0.2, 0.25) is 0 Å². The Morgan fingerprint density at radius 2 is 1.85 bits per heavy atom. The second-order valence-corrected chi connectivity index (χ2v) is 5.95. The normalized spacial score (nSPS) is 10.8. The molecule has 0 aliphatic carbocycles. The topological polar surface area (TPSA) is 80.5 Å². The van der Waals surface area contributed by atoms with Gasteiger partial charge in [-0.15, -0.1) is 10.2 Å². The van der Waals surface area contributed by atoms with Crippen LogP contribution in [0.3, 0.4) is 0 Å². The fourth-order valence-corrected chi connectivity index (χ4v) is 2.56. The number of benzene rings is 2. The molecule has 3 aromatic rings. The number of rotatable bonds is 8. The molecule has 1 aromatic heterocycles. The van der Waals surface area contributed by atoms with Gasteiger partial charge >= 0.3 is 0 Å². The Bertz CT molecular complexity index is 862. The predicted octanol–water partition coefficient (Wildman–Crippen LogP) is 3.21. The standard InChI is InChI=1S/C20H22N4O3/c1-3-24(13-18(25)21-16-9-11-17(26-2)12-10-16)14-19-22-23-20(27-19)15-7-5-4-6-8-15/h4-12H,3,13-14H2,1-2H3,(H,21,25). The second kappa shape index (κ2) is 8.95. The zero-order valence-electron chi connectivity index (χ0n) is 15.4. The Hall–Kier alpha value is -3.19. The van der Waals surface area contributed by atoms with Crippen LogP contribution < -0.4 is 10.1 Å². The summed E-state index contributed by atoms with van der Waals surface area (Å²) in [6, 6.07) is 16.8. The van der Waals surface area contributed by atoms with Crippen molar-refractivity contribution in [2.75, 3.05) is 25.5 Å². The summed E-state index contributed by atoms with van der Waals surface area (Å²) in [4.78, 5) is 14.2. The Morgan fingerprint density at radius 1 is 1.11 bits per heavy atom. The first kappa shape index (κ1) is 18.6. The maximum atomic E-state index is 12.3. The van der Waals surface area contributed by atoms with Gasteiger partial charge in [-0.3, -0.25) is 9.69 Å². The highest BCUT2D eigenvalue weighted by Gasteiger charge is 2.15. The van der Waals surface area contributed by atoms with Gasteiger partial charge in [-0.05, 0) is 42.9 Å². The minimum atomic E-state index is -0.107. The van der Waals surface area contributed by atoms with E-state index in [0.717, 1.165) is 17.0 Å². The van der Waals surface area contributed by atoms with Crippen LogP contribution in [0.4, 0.5) is 5.69 Å². The van der Waals surface area contributed by atoms with Gasteiger partial charge in [0.05, 0.1) is 20.2 Å². The van der Waals surface area contributed by atoms with Gasteiger partial charge in [0.2, 0.25) is 17.7 Å². The van der Waals surface area contributed by atoms with Crippen molar-refractivity contribution in [3.8, 4) is 17.2 Å². The molecule has 1 amide bonds. The van der Waals surface area contributed by atoms with E-state index in [0.29, 0.717) is 24.9 Å². The van der Waals surface area contributed by atoms with Gasteiger partial charge in [-0.25, -0.2) is 0 Å². The Kier molecular flexibility index (Phi) is 6.17. The third kappa shape index (κ3) is 5.15. The zero-order chi connectivity index (χ0) is 19.1. The van der Waals surface area contributed by atoms with Crippen molar-refractivity contribution in [3.63, 3.8) is 0 Å². The molecular weight excluding hydrogens is 344 g/mol. The van der Waals surface area contributed by atoms with Crippen molar-refractivity contribution in [2.24, 2.45) is 0 Å². The highest BCUT2D eigenvalue weighted by Crippen LogP contribution is 2.18. The molecule has 3 rings (SSSR count). The summed E-state index contributed by atoms with van der Waals surface area (Å²) in [6.45, 7) is 3.30. The molecule has 0 aliphatic rings. The Labute approximate surface area is 158 Å². The first-order valence-corrected chi connectivity index (χ1v) is 8.72. The third-order valence-corrected chi connectivity index (χ3v) is 4.03. The molecule has 0 radical (unpaired) electrons. The fraction of sp³-hybridized carbons (Fsp3) is 0.250. The molecule has 0 saturated heterocycles. The fourth-order valence-electron chi connectivity index (χ4n) is 2.56. The molecule has 7 heteroatoms. The average Bonchev–Trinajstić information content (AvgIpc) is 3.17. The lowest BCUT2D eigenvalue weighted by molar-refractivity contribution is -0.117. The van der Waals surface area contributed by atoms with Crippen molar-refractivity contribution in [1.29, 1.82) is 0 Å². The van der Waals surface area contributed by atoms with Gasteiger partial charge in [-0.2, -0.15) is 0 Å². The molecule has 140 valence electrons. The highest BCUT2D eigenvalue weighted by molar-refractivity contribution is 5.92. The van der Waals surface area contributed by atoms with Crippen molar-refractivity contribution in [2.45, 2.75) is 13.5 Å². The summed E-state index contributed by atoms with van der Waals surface area (Å²) in [6.07, 6.45) is 0. The van der Waals surface area contributed by atoms with Crippen LogP contribution in [0.25, 0.3) is 11.5 Å². The van der Waals surface area contributed by atoms with Gasteiger partial charge in [0.25, 0.3) is 0 Å². The number of anilines is 1. The maximum absolute atomic E-state index is 12.3. The molecule has 0 aliphatic heterocycles. The monoisotopic (exact) mass is 366 g/mol. The van der Waals surface area contributed by atoms with E-state index >= 15 is 0 Å². The first-order valence-electron chi connectivity index (χ1n) is 8.72. The molecule has 0 bridgehead atoms. The Balaban J connectivity index is 1.57. The largest absolute Gasteiger partial charge is 0.497 e. The zero-order valence-corrected chi connectivity index (χ0v) is 15.4. The summed E-state index contributed by atoms with van der Waals surface area (Å²) in [7, 11) is 1.60. The quantitative estimate of drug-likeness (QED) is 0.659. The van der Waals surface area contributed by atoms with Gasteiger partial charge in [0.1, 0.15) is 5.75 Å². The highest BCUT2D eigenvalue weighted by atomic mass is 16.5. The van der Waals surface area contributed by atoms with Crippen LogP contribution in [0.15, 0.2) is 59.0 Å². The number of amides is 1. The SMILES string of the molecule is CCN(CC(=O)Nc1ccc(OC)cc1)Cc1nnc(-c2ccccc2)o1. The molecule has 1 heterocycles. The van der Waals surface area contributed by atoms with Crippen LogP contribution >= 0.6 is 0 Å². The van der Waals surface area contributed by atoms with Crippen molar-refractivity contribution in [3.05, 3.63) is 60.5 Å². The molecule has 7 nitrogen and oxygen atoms in total. The van der Waals surface area contributed by atoms with Gasteiger partial charge in [0.15, 0.2) is 0 Å². The van der Waals surface area contributed by atoms with E-state index in [9.17, 15) is 4.79 Å². The second-order valence-electron chi connectivity index (χ2n) is 5.95. The molecule has 0 saturated carbocycles. The maximum Gasteiger partial charge on any atom is 0.247 e. The van der Waals surface area contributed by atoms with E-state index in [4.69, 9.17) is 9.15 Å². The van der Waals surface area contributed by atoms with Gasteiger partial charge in [0, 0.05) is 11.3 Å². The average molecular weight is 366 g/mol. The number of ether oxygens (including phenoxy) is 1. The van der Waals surface area contributed by atoms with E-state index in [1.165, 1.54) is 0 Å². The van der Waals surface area contributed by atoms with E-state index in [-0.39, 0.29) is 12.5 Å². The number of nitrogens with one attached hydrogen (secondary N) is 1. The van der Waals surface area contributed by atoms with Crippen molar-refractivity contribution in [1.82, 2.24) is 15.1 Å². The van der Waals surface area contributed by atoms with E-state index in [2.05, 4.69) is 15.5 Å². The number of carbonyl (C=O) groups excluding carboxylic acids is 1. The van der Waals surface area contributed by atoms with Crippen LogP contribution in [-0.4, -0.2) is 41.2 Å². The summed E-state index contributed by atoms with van der Waals surface area (Å²) < 4.78 is 10.8. The molecule has 0 fully saturated rings. The predicted molar refractivity (Wildman–Crippen MR) is 102 cm³/mol. The minimum absolute atomic E-state index is 0.107. The number of carbonyl (C=O) groups is 1. The number of methoxy groups -OCH3 is 1. The molecule has 2 aromatic carbocycles. The lowest BCUT2D eigenvalue weighted by Gasteiger charge is -2.17. The summed E-state index contributed by atoms with van der Waals surface area (Å²) in [5.41, 5.74) is 1.59. The summed E-state index contributed by atoms with van der Waals surface area (Å²) in [5, 5.41) is 11.0. The molecular formula is C20H22N4O3. The number of hydrogen-bond donors (Lipinski definition) is 1. The minimum Gasteiger partial charge on any atom is -0.497 e. The summed E-state index contributed by atoms with van der Waals surface area (Å²) >= 11 is 0. The third-order valence-electron chi connectivity index (χ3n) is 4.03. The lowest BCUT2D eigenvalue weighted by Crippen LogP contribution is -2.32. The molecule has 0 atom stereocenters. The van der Waals surface area contributed by atoms with Crippen LogP contribution in [0.1, 0.15) is 12.8 Å². The number of nitrogens with zero attached hydrogens (tertiary/aromatic N) is 3. The smallest absolute Gasteiger partial charge is 0.247 e. The molecule has 0 spiro atoms. The van der Waals surface area contributed by atoms with E-state index in [1.54, 1.807) is 31.4 Å². The Morgan fingerprint density at radius 3 is 2.52 bits per heavy atom. The van der Waals surface area contributed by atoms with E-state index in [1.807, 2.05) is 42.2 Å². The van der Waals surface area contributed by atoms with Gasteiger partial charge in [-0.1, -0.05) is 25.1 Å². The number of aromatic nitrogens is 2. The van der Waals surface area contributed by atoms with Crippen LogP contribution in [0.5, 0.6) is 5.75 Å². The van der Waals surface area contributed by atoms with E-state index < -0.39 is 0 Å². The van der Waals surface area contributed by atoms with Gasteiger partial charge < -0.3 is 14.5 Å². The first-order chi connectivity index (χ1) is 13.2.